The van der Waals surface area contributed by atoms with Gasteiger partial charge in [-0.05, 0) is 24.5 Å². The van der Waals surface area contributed by atoms with Gasteiger partial charge in [0.25, 0.3) is 0 Å². The third-order valence-corrected chi connectivity index (χ3v) is 4.67. The molecule has 3 heterocycles. The summed E-state index contributed by atoms with van der Waals surface area (Å²) in [5.74, 6) is 0.907. The highest BCUT2D eigenvalue weighted by Crippen LogP contribution is 2.28. The lowest BCUT2D eigenvalue weighted by Crippen LogP contribution is -2.35. The Hall–Kier alpha value is -2.06. The summed E-state index contributed by atoms with van der Waals surface area (Å²) in [7, 11) is -3.76. The summed E-state index contributed by atoms with van der Waals surface area (Å²) in [6, 6.07) is 4.01. The second kappa shape index (κ2) is 5.98. The molecule has 2 N–H and O–H groups in total. The highest BCUT2D eigenvalue weighted by atomic mass is 32.2. The first-order valence-electron chi connectivity index (χ1n) is 7.04. The Balaban J connectivity index is 1.77. The summed E-state index contributed by atoms with van der Waals surface area (Å²) in [5, 5.41) is 5.06. The standard InChI is InChI=1S/C14H17N5O2S/c15-22(20,21)13-8-17-14(18-9-13)19-6-2-4-12(10-19)11-3-1-5-16-7-11/h1,3,5,7-9,12H,2,4,6,10H2,(H2,15,20,21). The molecule has 0 aromatic carbocycles. The van der Waals surface area contributed by atoms with Crippen molar-refractivity contribution in [3.63, 3.8) is 0 Å². The Kier molecular flexibility index (Phi) is 4.04. The fraction of sp³-hybridized carbons (Fsp3) is 0.357. The van der Waals surface area contributed by atoms with Crippen LogP contribution in [0.15, 0.2) is 41.8 Å². The van der Waals surface area contributed by atoms with E-state index in [0.29, 0.717) is 11.9 Å². The van der Waals surface area contributed by atoms with E-state index < -0.39 is 10.0 Å². The molecule has 8 heteroatoms. The molecule has 1 aliphatic rings. The topological polar surface area (TPSA) is 102 Å². The van der Waals surface area contributed by atoms with E-state index in [1.807, 2.05) is 12.3 Å². The fourth-order valence-corrected chi connectivity index (χ4v) is 3.07. The summed E-state index contributed by atoms with van der Waals surface area (Å²) in [6.45, 7) is 1.64. The zero-order chi connectivity index (χ0) is 15.6. The quantitative estimate of drug-likeness (QED) is 0.902. The number of hydrogen-bond acceptors (Lipinski definition) is 6. The van der Waals surface area contributed by atoms with Crippen molar-refractivity contribution in [3.8, 4) is 0 Å². The van der Waals surface area contributed by atoms with Crippen molar-refractivity contribution >= 4 is 16.0 Å². The van der Waals surface area contributed by atoms with E-state index in [1.54, 1.807) is 6.20 Å². The number of nitrogens with two attached hydrogens (primary N) is 1. The second-order valence-electron chi connectivity index (χ2n) is 5.34. The van der Waals surface area contributed by atoms with Crippen molar-refractivity contribution in [2.75, 3.05) is 18.0 Å². The molecule has 22 heavy (non-hydrogen) atoms. The lowest BCUT2D eigenvalue weighted by molar-refractivity contribution is 0.502. The number of pyridine rings is 1. The van der Waals surface area contributed by atoms with Crippen LogP contribution in [0.5, 0.6) is 0 Å². The van der Waals surface area contributed by atoms with E-state index in [9.17, 15) is 8.42 Å². The molecule has 1 aliphatic heterocycles. The van der Waals surface area contributed by atoms with Gasteiger partial charge in [-0.25, -0.2) is 23.5 Å². The summed E-state index contributed by atoms with van der Waals surface area (Å²) < 4.78 is 22.5. The van der Waals surface area contributed by atoms with Gasteiger partial charge in [0.2, 0.25) is 16.0 Å². The third-order valence-electron chi connectivity index (χ3n) is 3.80. The average molecular weight is 319 g/mol. The average Bonchev–Trinajstić information content (AvgIpc) is 2.55. The molecule has 1 unspecified atom stereocenters. The Morgan fingerprint density at radius 2 is 2.00 bits per heavy atom. The largest absolute Gasteiger partial charge is 0.340 e. The molecule has 1 saturated heterocycles. The molecule has 0 saturated carbocycles. The number of rotatable bonds is 3. The maximum Gasteiger partial charge on any atom is 0.241 e. The van der Waals surface area contributed by atoms with E-state index in [0.717, 1.165) is 25.9 Å². The number of anilines is 1. The highest BCUT2D eigenvalue weighted by Gasteiger charge is 2.23. The first-order chi connectivity index (χ1) is 10.5. The van der Waals surface area contributed by atoms with Gasteiger partial charge in [-0.15, -0.1) is 0 Å². The zero-order valence-electron chi connectivity index (χ0n) is 12.0. The number of nitrogens with zero attached hydrogens (tertiary/aromatic N) is 4. The van der Waals surface area contributed by atoms with Crippen LogP contribution in [0, 0.1) is 0 Å². The van der Waals surface area contributed by atoms with Crippen molar-refractivity contribution in [2.45, 2.75) is 23.7 Å². The molecular weight excluding hydrogens is 302 g/mol. The molecule has 7 nitrogen and oxygen atoms in total. The lowest BCUT2D eigenvalue weighted by atomic mass is 9.92. The van der Waals surface area contributed by atoms with Crippen molar-refractivity contribution in [1.82, 2.24) is 15.0 Å². The smallest absolute Gasteiger partial charge is 0.241 e. The summed E-state index contributed by atoms with van der Waals surface area (Å²) in [4.78, 5) is 14.4. The molecule has 2 aromatic heterocycles. The zero-order valence-corrected chi connectivity index (χ0v) is 12.8. The predicted octanol–water partition coefficient (Wildman–Crippen LogP) is 0.903. The summed E-state index contributed by atoms with van der Waals surface area (Å²) in [5.41, 5.74) is 1.20. The van der Waals surface area contributed by atoms with E-state index in [-0.39, 0.29) is 4.90 Å². The van der Waals surface area contributed by atoms with Crippen molar-refractivity contribution in [1.29, 1.82) is 0 Å². The molecule has 0 spiro atoms. The first kappa shape index (κ1) is 14.9. The molecule has 1 fully saturated rings. The van der Waals surface area contributed by atoms with Crippen LogP contribution < -0.4 is 10.0 Å². The van der Waals surface area contributed by atoms with Crippen LogP contribution in [0.3, 0.4) is 0 Å². The molecule has 0 amide bonds. The van der Waals surface area contributed by atoms with Gasteiger partial charge in [0.05, 0.1) is 12.4 Å². The van der Waals surface area contributed by atoms with E-state index in [2.05, 4.69) is 25.9 Å². The van der Waals surface area contributed by atoms with Gasteiger partial charge < -0.3 is 4.90 Å². The Morgan fingerprint density at radius 1 is 1.23 bits per heavy atom. The summed E-state index contributed by atoms with van der Waals surface area (Å²) >= 11 is 0. The maximum absolute atomic E-state index is 11.2. The van der Waals surface area contributed by atoms with Crippen LogP contribution in [-0.4, -0.2) is 36.5 Å². The van der Waals surface area contributed by atoms with Crippen LogP contribution in [-0.2, 0) is 10.0 Å². The molecule has 116 valence electrons. The second-order valence-corrected chi connectivity index (χ2v) is 6.90. The number of piperidine rings is 1. The number of aromatic nitrogens is 3. The fourth-order valence-electron chi connectivity index (χ4n) is 2.67. The van der Waals surface area contributed by atoms with Crippen molar-refractivity contribution in [2.24, 2.45) is 5.14 Å². The molecule has 2 aromatic rings. The van der Waals surface area contributed by atoms with Gasteiger partial charge >= 0.3 is 0 Å². The van der Waals surface area contributed by atoms with Gasteiger partial charge in [0.1, 0.15) is 4.90 Å². The van der Waals surface area contributed by atoms with E-state index >= 15 is 0 Å². The third kappa shape index (κ3) is 3.23. The van der Waals surface area contributed by atoms with Gasteiger partial charge in [0.15, 0.2) is 0 Å². The first-order valence-corrected chi connectivity index (χ1v) is 8.58. The maximum atomic E-state index is 11.2. The van der Waals surface area contributed by atoms with Crippen molar-refractivity contribution in [3.05, 3.63) is 42.5 Å². The minimum Gasteiger partial charge on any atom is -0.340 e. The SMILES string of the molecule is NS(=O)(=O)c1cnc(N2CCCC(c3cccnc3)C2)nc1. The monoisotopic (exact) mass is 319 g/mol. The van der Waals surface area contributed by atoms with Gasteiger partial charge in [0, 0.05) is 31.4 Å². The van der Waals surface area contributed by atoms with Crippen molar-refractivity contribution < 1.29 is 8.42 Å². The molecule has 0 bridgehead atoms. The van der Waals surface area contributed by atoms with E-state index in [1.165, 1.54) is 18.0 Å². The Morgan fingerprint density at radius 3 is 2.64 bits per heavy atom. The minimum atomic E-state index is -3.76. The minimum absolute atomic E-state index is 0.0722. The van der Waals surface area contributed by atoms with Gasteiger partial charge in [-0.2, -0.15) is 0 Å². The normalized spacial score (nSPS) is 19.1. The number of sulfonamides is 1. The Labute approximate surface area is 129 Å². The molecular formula is C14H17N5O2S. The number of hydrogen-bond donors (Lipinski definition) is 1. The van der Waals surface area contributed by atoms with E-state index in [4.69, 9.17) is 5.14 Å². The van der Waals surface area contributed by atoms with Crippen LogP contribution >= 0.6 is 0 Å². The highest BCUT2D eigenvalue weighted by molar-refractivity contribution is 7.89. The van der Waals surface area contributed by atoms with Crippen LogP contribution in [0.25, 0.3) is 0 Å². The lowest BCUT2D eigenvalue weighted by Gasteiger charge is -2.32. The molecule has 3 rings (SSSR count). The molecule has 0 aliphatic carbocycles. The predicted molar refractivity (Wildman–Crippen MR) is 81.8 cm³/mol. The summed E-state index contributed by atoms with van der Waals surface area (Å²) in [6.07, 6.45) is 8.28. The Bertz CT molecular complexity index is 734. The molecule has 0 radical (unpaired) electrons. The van der Waals surface area contributed by atoms with Gasteiger partial charge in [-0.3, -0.25) is 4.98 Å². The van der Waals surface area contributed by atoms with Crippen LogP contribution in [0.2, 0.25) is 0 Å². The number of primary sulfonamides is 1. The van der Waals surface area contributed by atoms with Crippen LogP contribution in [0.1, 0.15) is 24.3 Å². The van der Waals surface area contributed by atoms with Gasteiger partial charge in [-0.1, -0.05) is 6.07 Å². The van der Waals surface area contributed by atoms with Crippen LogP contribution in [0.4, 0.5) is 5.95 Å². The molecule has 1 atom stereocenters.